The smallest absolute Gasteiger partial charge is 0.350 e. The van der Waals surface area contributed by atoms with E-state index in [9.17, 15) is 14.4 Å². The summed E-state index contributed by atoms with van der Waals surface area (Å²) in [5, 5.41) is 2.86. The van der Waals surface area contributed by atoms with E-state index in [0.717, 1.165) is 10.1 Å². The van der Waals surface area contributed by atoms with Crippen molar-refractivity contribution in [2.45, 2.75) is 13.0 Å². The number of urea groups is 1. The van der Waals surface area contributed by atoms with Crippen molar-refractivity contribution in [1.82, 2.24) is 5.32 Å². The van der Waals surface area contributed by atoms with Gasteiger partial charge in [0.2, 0.25) is 0 Å². The Hall–Kier alpha value is -2.12. The lowest BCUT2D eigenvalue weighted by Crippen LogP contribution is -2.42. The van der Waals surface area contributed by atoms with Crippen LogP contribution in [0.15, 0.2) is 24.3 Å². The highest BCUT2D eigenvalue weighted by Gasteiger charge is 2.23. The van der Waals surface area contributed by atoms with E-state index in [-0.39, 0.29) is 9.90 Å². The normalized spacial score (nSPS) is 11.9. The number of esters is 1. The van der Waals surface area contributed by atoms with Gasteiger partial charge in [-0.1, -0.05) is 29.8 Å². The van der Waals surface area contributed by atoms with E-state index in [4.69, 9.17) is 22.1 Å². The van der Waals surface area contributed by atoms with Crippen LogP contribution >= 0.6 is 22.9 Å². The average molecular weight is 327 g/mol. The number of nitrogens with two attached hydrogens (primary N) is 1. The lowest BCUT2D eigenvalue weighted by molar-refractivity contribution is -0.127. The number of primary amides is 1. The third kappa shape index (κ3) is 3.32. The van der Waals surface area contributed by atoms with Gasteiger partial charge in [-0.05, 0) is 13.0 Å². The Morgan fingerprint density at radius 3 is 2.62 bits per heavy atom. The molecular formula is C13H11ClN2O4S. The van der Waals surface area contributed by atoms with Crippen LogP contribution in [0.3, 0.4) is 0 Å². The Bertz CT molecular complexity index is 728. The first kappa shape index (κ1) is 15.3. The topological polar surface area (TPSA) is 98.5 Å². The second kappa shape index (κ2) is 6.11. The third-order valence-corrected chi connectivity index (χ3v) is 4.28. The number of carbonyl (C=O) groups is 3. The maximum Gasteiger partial charge on any atom is 0.350 e. The van der Waals surface area contributed by atoms with Crippen LogP contribution in [0.5, 0.6) is 0 Å². The summed E-state index contributed by atoms with van der Waals surface area (Å²) in [6, 6.07) is 6.23. The lowest BCUT2D eigenvalue weighted by Gasteiger charge is -2.11. The zero-order valence-corrected chi connectivity index (χ0v) is 12.5. The first-order valence-corrected chi connectivity index (χ1v) is 7.08. The van der Waals surface area contributed by atoms with Gasteiger partial charge in [0.1, 0.15) is 4.88 Å². The largest absolute Gasteiger partial charge is 0.448 e. The van der Waals surface area contributed by atoms with Gasteiger partial charge >= 0.3 is 12.0 Å². The second-order valence-electron chi connectivity index (χ2n) is 4.14. The Balaban J connectivity index is 2.17. The van der Waals surface area contributed by atoms with Crippen molar-refractivity contribution < 1.29 is 19.1 Å². The van der Waals surface area contributed by atoms with Gasteiger partial charge in [-0.3, -0.25) is 10.1 Å². The van der Waals surface area contributed by atoms with E-state index in [0.29, 0.717) is 0 Å². The molecule has 1 atom stereocenters. The van der Waals surface area contributed by atoms with E-state index in [2.05, 4.69) is 0 Å². The summed E-state index contributed by atoms with van der Waals surface area (Å²) < 4.78 is 5.81. The Morgan fingerprint density at radius 1 is 1.33 bits per heavy atom. The molecule has 8 heteroatoms. The first-order chi connectivity index (χ1) is 9.90. The molecule has 3 N–H and O–H groups in total. The van der Waals surface area contributed by atoms with Gasteiger partial charge in [0.15, 0.2) is 6.10 Å². The Kier molecular flexibility index (Phi) is 4.44. The predicted molar refractivity (Wildman–Crippen MR) is 79.4 cm³/mol. The molecule has 0 aliphatic carbocycles. The summed E-state index contributed by atoms with van der Waals surface area (Å²) in [5.74, 6) is -1.53. The first-order valence-electron chi connectivity index (χ1n) is 5.88. The number of nitrogens with one attached hydrogen (secondary N) is 1. The van der Waals surface area contributed by atoms with Crippen LogP contribution in [0.4, 0.5) is 4.79 Å². The molecule has 1 aromatic carbocycles. The highest BCUT2D eigenvalue weighted by Crippen LogP contribution is 2.35. The van der Waals surface area contributed by atoms with Gasteiger partial charge in [-0.2, -0.15) is 0 Å². The number of imide groups is 1. The number of carbonyl (C=O) groups excluding carboxylic acids is 3. The number of benzene rings is 1. The van der Waals surface area contributed by atoms with Crippen molar-refractivity contribution in [3.05, 3.63) is 34.2 Å². The van der Waals surface area contributed by atoms with Gasteiger partial charge in [0.25, 0.3) is 5.91 Å². The summed E-state index contributed by atoms with van der Waals surface area (Å²) in [6.07, 6.45) is -1.16. The molecule has 0 aliphatic rings. The molecule has 0 spiro atoms. The molecule has 3 amide bonds. The van der Waals surface area contributed by atoms with Crippen LogP contribution in [0, 0.1) is 0 Å². The van der Waals surface area contributed by atoms with Crippen LogP contribution in [0.25, 0.3) is 10.1 Å². The highest BCUT2D eigenvalue weighted by atomic mass is 35.5. The minimum Gasteiger partial charge on any atom is -0.448 e. The van der Waals surface area contributed by atoms with E-state index in [1.54, 1.807) is 12.1 Å². The maximum absolute atomic E-state index is 12.0. The molecule has 0 saturated heterocycles. The molecule has 0 radical (unpaired) electrons. The van der Waals surface area contributed by atoms with Gasteiger partial charge < -0.3 is 10.5 Å². The monoisotopic (exact) mass is 326 g/mol. The number of halogens is 1. The van der Waals surface area contributed by atoms with E-state index < -0.39 is 24.0 Å². The number of amides is 3. The molecule has 1 aromatic heterocycles. The van der Waals surface area contributed by atoms with Crippen LogP contribution in [0.1, 0.15) is 16.6 Å². The fraction of sp³-hybridized carbons (Fsp3) is 0.154. The quantitative estimate of drug-likeness (QED) is 0.845. The molecule has 0 bridgehead atoms. The molecule has 6 nitrogen and oxygen atoms in total. The maximum atomic E-state index is 12.0. The summed E-state index contributed by atoms with van der Waals surface area (Å²) in [5.41, 5.74) is 4.82. The van der Waals surface area contributed by atoms with E-state index in [1.165, 1.54) is 18.3 Å². The Morgan fingerprint density at radius 2 is 2.00 bits per heavy atom. The molecule has 0 fully saturated rings. The van der Waals surface area contributed by atoms with Crippen molar-refractivity contribution in [2.75, 3.05) is 0 Å². The Labute approximate surface area is 128 Å². The van der Waals surface area contributed by atoms with Crippen molar-refractivity contribution in [2.24, 2.45) is 5.73 Å². The van der Waals surface area contributed by atoms with Gasteiger partial charge in [-0.15, -0.1) is 11.3 Å². The summed E-state index contributed by atoms with van der Waals surface area (Å²) in [7, 11) is 0. The van der Waals surface area contributed by atoms with Crippen LogP contribution in [-0.2, 0) is 9.53 Å². The minimum atomic E-state index is -1.16. The van der Waals surface area contributed by atoms with Gasteiger partial charge in [-0.25, -0.2) is 9.59 Å². The number of rotatable bonds is 3. The van der Waals surface area contributed by atoms with Gasteiger partial charge in [0, 0.05) is 10.1 Å². The van der Waals surface area contributed by atoms with Crippen molar-refractivity contribution in [3.8, 4) is 0 Å². The fourth-order valence-corrected chi connectivity index (χ4v) is 3.03. The third-order valence-electron chi connectivity index (χ3n) is 2.62. The predicted octanol–water partition coefficient (Wildman–Crippen LogP) is 2.29. The zero-order valence-electron chi connectivity index (χ0n) is 10.9. The van der Waals surface area contributed by atoms with E-state index in [1.807, 2.05) is 17.4 Å². The van der Waals surface area contributed by atoms with Crippen molar-refractivity contribution >= 4 is 50.9 Å². The zero-order chi connectivity index (χ0) is 15.6. The molecule has 21 heavy (non-hydrogen) atoms. The minimum absolute atomic E-state index is 0.205. The average Bonchev–Trinajstić information content (AvgIpc) is 2.76. The van der Waals surface area contributed by atoms with Crippen LogP contribution in [-0.4, -0.2) is 24.0 Å². The lowest BCUT2D eigenvalue weighted by atomic mass is 10.2. The molecule has 0 aliphatic heterocycles. The fourth-order valence-electron chi connectivity index (χ4n) is 1.64. The molecule has 2 rings (SSSR count). The standard InChI is InChI=1S/C13H11ClN2O4S/c1-6(11(17)16-13(15)19)20-12(18)10-9(14)7-4-2-3-5-8(7)21-10/h2-6H,1H3,(H3,15,16,17,19)/t6-/m0/s1. The van der Waals surface area contributed by atoms with Crippen molar-refractivity contribution in [3.63, 3.8) is 0 Å². The second-order valence-corrected chi connectivity index (χ2v) is 5.57. The number of fused-ring (bicyclic) bond motifs is 1. The number of ether oxygens (including phenoxy) is 1. The van der Waals surface area contributed by atoms with Crippen molar-refractivity contribution in [1.29, 1.82) is 0 Å². The highest BCUT2D eigenvalue weighted by molar-refractivity contribution is 7.21. The molecule has 2 aromatic rings. The summed E-state index contributed by atoms with van der Waals surface area (Å²) >= 11 is 7.30. The molecule has 110 valence electrons. The summed E-state index contributed by atoms with van der Waals surface area (Å²) in [4.78, 5) is 34.3. The molecular weight excluding hydrogens is 316 g/mol. The molecule has 0 unspecified atom stereocenters. The number of thiophene rings is 1. The van der Waals surface area contributed by atoms with Crippen LogP contribution in [0.2, 0.25) is 5.02 Å². The van der Waals surface area contributed by atoms with Crippen LogP contribution < -0.4 is 11.1 Å². The molecule has 0 saturated carbocycles. The SMILES string of the molecule is C[C@H](OC(=O)c1sc2ccccc2c1Cl)C(=O)NC(N)=O. The number of hydrogen-bond donors (Lipinski definition) is 2. The summed E-state index contributed by atoms with van der Waals surface area (Å²) in [6.45, 7) is 1.33. The van der Waals surface area contributed by atoms with Gasteiger partial charge in [0.05, 0.1) is 5.02 Å². The van der Waals surface area contributed by atoms with E-state index >= 15 is 0 Å². The molecule has 1 heterocycles. The number of hydrogen-bond acceptors (Lipinski definition) is 5.